The lowest BCUT2D eigenvalue weighted by atomic mass is 9.81. The zero-order valence-corrected chi connectivity index (χ0v) is 19.0. The molecule has 1 N–H and O–H groups in total. The fraction of sp³-hybridized carbons (Fsp3) is 0.308. The minimum absolute atomic E-state index is 0.000250. The van der Waals surface area contributed by atoms with E-state index in [-0.39, 0.29) is 17.9 Å². The molecule has 1 aromatic heterocycles. The summed E-state index contributed by atoms with van der Waals surface area (Å²) in [6, 6.07) is 19.2. The maximum atomic E-state index is 13.7. The number of fused-ring (bicyclic) bond motifs is 1. The van der Waals surface area contributed by atoms with E-state index in [0.29, 0.717) is 18.0 Å². The van der Waals surface area contributed by atoms with Gasteiger partial charge in [0.1, 0.15) is 0 Å². The molecule has 0 saturated heterocycles. The highest BCUT2D eigenvalue weighted by molar-refractivity contribution is 7.10. The van der Waals surface area contributed by atoms with Gasteiger partial charge in [0.25, 0.3) is 5.91 Å². The lowest BCUT2D eigenvalue weighted by Crippen LogP contribution is -2.47. The van der Waals surface area contributed by atoms with Crippen LogP contribution in [0.4, 0.5) is 5.69 Å². The number of nitrogens with zero attached hydrogens (tertiary/aromatic N) is 1. The fourth-order valence-electron chi connectivity index (χ4n) is 4.33. The first kappa shape index (κ1) is 21.3. The van der Waals surface area contributed by atoms with E-state index in [1.807, 2.05) is 64.9 Å². The minimum atomic E-state index is -0.475. The van der Waals surface area contributed by atoms with Gasteiger partial charge in [0, 0.05) is 22.7 Å². The average Bonchev–Trinajstić information content (AvgIpc) is 3.29. The number of anilines is 1. The highest BCUT2D eigenvalue weighted by Gasteiger charge is 2.44. The monoisotopic (exact) mass is 432 g/mol. The number of rotatable bonds is 6. The summed E-state index contributed by atoms with van der Waals surface area (Å²) in [5, 5.41) is 5.14. The van der Waals surface area contributed by atoms with Gasteiger partial charge in [0.2, 0.25) is 5.91 Å². The van der Waals surface area contributed by atoms with Gasteiger partial charge in [-0.1, -0.05) is 57.2 Å². The number of nitrogens with one attached hydrogen (secondary N) is 1. The first-order valence-electron chi connectivity index (χ1n) is 10.8. The molecular formula is C26H28N2O2S. The summed E-state index contributed by atoms with van der Waals surface area (Å²) in [7, 11) is 0. The van der Waals surface area contributed by atoms with Gasteiger partial charge in [-0.2, -0.15) is 0 Å². The molecule has 4 rings (SSSR count). The molecule has 0 fully saturated rings. The molecule has 0 unspecified atom stereocenters. The SMILES string of the molecule is CCc1cccc(NC(=O)[C@H]2c3ccccc3C(=O)N(CC(C)C)[C@@H]2c2cccs2)c1. The van der Waals surface area contributed by atoms with Crippen LogP contribution in [0.2, 0.25) is 0 Å². The van der Waals surface area contributed by atoms with Crippen molar-refractivity contribution >= 4 is 28.8 Å². The fourth-order valence-corrected chi connectivity index (χ4v) is 5.21. The topological polar surface area (TPSA) is 49.4 Å². The van der Waals surface area contributed by atoms with Crippen LogP contribution in [0.3, 0.4) is 0 Å². The normalized spacial score (nSPS) is 18.2. The summed E-state index contributed by atoms with van der Waals surface area (Å²) in [5.41, 5.74) is 3.39. The summed E-state index contributed by atoms with van der Waals surface area (Å²) < 4.78 is 0. The lowest BCUT2D eigenvalue weighted by Gasteiger charge is -2.42. The Morgan fingerprint density at radius 1 is 1.10 bits per heavy atom. The molecule has 2 heterocycles. The predicted molar refractivity (Wildman–Crippen MR) is 127 cm³/mol. The molecule has 1 aliphatic rings. The maximum absolute atomic E-state index is 13.7. The van der Waals surface area contributed by atoms with Crippen molar-refractivity contribution in [1.29, 1.82) is 0 Å². The van der Waals surface area contributed by atoms with Crippen LogP contribution in [-0.2, 0) is 11.2 Å². The Morgan fingerprint density at radius 3 is 2.61 bits per heavy atom. The van der Waals surface area contributed by atoms with E-state index in [1.54, 1.807) is 11.3 Å². The zero-order chi connectivity index (χ0) is 22.0. The number of benzene rings is 2. The van der Waals surface area contributed by atoms with Crippen LogP contribution in [0.15, 0.2) is 66.0 Å². The number of thiophene rings is 1. The Morgan fingerprint density at radius 2 is 1.90 bits per heavy atom. The van der Waals surface area contributed by atoms with Crippen molar-refractivity contribution < 1.29 is 9.59 Å². The second-order valence-electron chi connectivity index (χ2n) is 8.42. The summed E-state index contributed by atoms with van der Waals surface area (Å²) in [5.74, 6) is -0.265. The highest BCUT2D eigenvalue weighted by atomic mass is 32.1. The Kier molecular flexibility index (Phi) is 6.23. The molecule has 160 valence electrons. The van der Waals surface area contributed by atoms with Crippen LogP contribution in [-0.4, -0.2) is 23.3 Å². The smallest absolute Gasteiger partial charge is 0.254 e. The van der Waals surface area contributed by atoms with Crippen LogP contribution < -0.4 is 5.32 Å². The van der Waals surface area contributed by atoms with E-state index in [2.05, 4.69) is 32.2 Å². The largest absolute Gasteiger partial charge is 0.329 e. The average molecular weight is 433 g/mol. The van der Waals surface area contributed by atoms with Crippen LogP contribution in [0, 0.1) is 5.92 Å². The number of carbonyl (C=O) groups is 2. The Hall–Kier alpha value is -2.92. The van der Waals surface area contributed by atoms with Crippen LogP contribution in [0.1, 0.15) is 59.1 Å². The maximum Gasteiger partial charge on any atom is 0.254 e. The van der Waals surface area contributed by atoms with E-state index in [1.165, 1.54) is 5.56 Å². The molecular weight excluding hydrogens is 404 g/mol. The highest BCUT2D eigenvalue weighted by Crippen LogP contribution is 2.45. The van der Waals surface area contributed by atoms with Crippen molar-refractivity contribution in [3.63, 3.8) is 0 Å². The number of hydrogen-bond donors (Lipinski definition) is 1. The van der Waals surface area contributed by atoms with Crippen molar-refractivity contribution in [3.8, 4) is 0 Å². The van der Waals surface area contributed by atoms with Crippen molar-refractivity contribution in [2.75, 3.05) is 11.9 Å². The van der Waals surface area contributed by atoms with Crippen molar-refractivity contribution in [2.24, 2.45) is 5.92 Å². The lowest BCUT2D eigenvalue weighted by molar-refractivity contribution is -0.119. The molecule has 0 aliphatic carbocycles. The van der Waals surface area contributed by atoms with Gasteiger partial charge in [-0.05, 0) is 53.1 Å². The van der Waals surface area contributed by atoms with Crippen molar-refractivity contribution in [2.45, 2.75) is 39.2 Å². The van der Waals surface area contributed by atoms with E-state index >= 15 is 0 Å². The Balaban J connectivity index is 1.80. The second-order valence-corrected chi connectivity index (χ2v) is 9.40. The Bertz CT molecular complexity index is 1070. The summed E-state index contributed by atoms with van der Waals surface area (Å²) in [6.07, 6.45) is 0.907. The summed E-state index contributed by atoms with van der Waals surface area (Å²) in [4.78, 5) is 30.1. The van der Waals surface area contributed by atoms with Crippen LogP contribution in [0.25, 0.3) is 0 Å². The first-order valence-corrected chi connectivity index (χ1v) is 11.7. The standard InChI is InChI=1S/C26H28N2O2S/c1-4-18-9-7-10-19(15-18)27-25(29)23-20-11-5-6-12-21(20)26(30)28(16-17(2)3)24(23)22-13-8-14-31-22/h5-15,17,23-24H,4,16H2,1-3H3,(H,27,29)/t23-,24+/m0/s1. The quantitative estimate of drug-likeness (QED) is 0.528. The van der Waals surface area contributed by atoms with E-state index in [0.717, 1.165) is 22.5 Å². The molecule has 1 aliphatic heterocycles. The molecule has 0 spiro atoms. The molecule has 2 aromatic carbocycles. The van der Waals surface area contributed by atoms with E-state index in [4.69, 9.17) is 0 Å². The summed E-state index contributed by atoms with van der Waals surface area (Å²) >= 11 is 1.60. The van der Waals surface area contributed by atoms with Gasteiger partial charge in [0.05, 0.1) is 12.0 Å². The van der Waals surface area contributed by atoms with Gasteiger partial charge in [0.15, 0.2) is 0 Å². The molecule has 4 nitrogen and oxygen atoms in total. The number of carbonyl (C=O) groups excluding carboxylic acids is 2. The molecule has 2 amide bonds. The third kappa shape index (κ3) is 4.28. The molecule has 0 radical (unpaired) electrons. The number of aryl methyl sites for hydroxylation is 1. The summed E-state index contributed by atoms with van der Waals surface area (Å²) in [6.45, 7) is 6.90. The molecule has 31 heavy (non-hydrogen) atoms. The predicted octanol–water partition coefficient (Wildman–Crippen LogP) is 5.89. The van der Waals surface area contributed by atoms with Gasteiger partial charge in [-0.15, -0.1) is 11.3 Å². The molecule has 5 heteroatoms. The third-order valence-corrected chi connectivity index (χ3v) is 6.66. The van der Waals surface area contributed by atoms with Crippen LogP contribution >= 0.6 is 11.3 Å². The third-order valence-electron chi connectivity index (χ3n) is 5.72. The van der Waals surface area contributed by atoms with E-state index in [9.17, 15) is 9.59 Å². The first-order chi connectivity index (χ1) is 15.0. The molecule has 0 saturated carbocycles. The van der Waals surface area contributed by atoms with Crippen molar-refractivity contribution in [3.05, 3.63) is 87.6 Å². The van der Waals surface area contributed by atoms with Gasteiger partial charge >= 0.3 is 0 Å². The second kappa shape index (κ2) is 9.06. The zero-order valence-electron chi connectivity index (χ0n) is 18.2. The van der Waals surface area contributed by atoms with Crippen molar-refractivity contribution in [1.82, 2.24) is 4.90 Å². The molecule has 2 atom stereocenters. The Labute approximate surface area is 187 Å². The minimum Gasteiger partial charge on any atom is -0.329 e. The molecule has 0 bridgehead atoms. The number of hydrogen-bond acceptors (Lipinski definition) is 3. The van der Waals surface area contributed by atoms with Gasteiger partial charge in [-0.3, -0.25) is 9.59 Å². The van der Waals surface area contributed by atoms with E-state index < -0.39 is 5.92 Å². The van der Waals surface area contributed by atoms with Gasteiger partial charge < -0.3 is 10.2 Å². The molecule has 3 aromatic rings. The van der Waals surface area contributed by atoms with Crippen LogP contribution in [0.5, 0.6) is 0 Å². The van der Waals surface area contributed by atoms with Gasteiger partial charge in [-0.25, -0.2) is 0 Å². The number of amides is 2.